The Morgan fingerprint density at radius 1 is 0.500 bits per heavy atom. The second-order valence-corrected chi connectivity index (χ2v) is 17.8. The maximum atomic E-state index is 13.6. The third kappa shape index (κ3) is 12.3. The maximum Gasteiger partial charge on any atom is 0.261 e. The Labute approximate surface area is 401 Å². The average molecular weight is 923 g/mol. The summed E-state index contributed by atoms with van der Waals surface area (Å²) in [4.78, 5) is 13.6. The minimum atomic E-state index is -2.18. The number of carbonyl (C=O) groups excluding carboxylic acids is 1. The number of aliphatic hydroxyl groups is 3. The molecule has 10 nitrogen and oxygen atoms in total. The van der Waals surface area contributed by atoms with Crippen LogP contribution in [-0.4, -0.2) is 69.3 Å². The van der Waals surface area contributed by atoms with E-state index in [2.05, 4.69) is 6.92 Å². The average Bonchev–Trinajstić information content (AvgIpc) is 3.39. The largest absolute Gasteiger partial charge is 0.383 e. The van der Waals surface area contributed by atoms with Gasteiger partial charge in [0, 0.05) is 17.4 Å². The molecule has 11 atom stereocenters. The van der Waals surface area contributed by atoms with E-state index in [1.54, 1.807) is 36.4 Å². The van der Waals surface area contributed by atoms with Crippen LogP contribution in [0.15, 0.2) is 182 Å². The summed E-state index contributed by atoms with van der Waals surface area (Å²) in [6.07, 6.45) is -3.66. The molecule has 3 N–H and O–H groups in total. The van der Waals surface area contributed by atoms with Gasteiger partial charge in [-0.15, -0.1) is 0 Å². The van der Waals surface area contributed by atoms with E-state index in [1.807, 2.05) is 166 Å². The Morgan fingerprint density at radius 3 is 1.25 bits per heavy atom. The van der Waals surface area contributed by atoms with E-state index in [0.717, 1.165) is 22.3 Å². The van der Waals surface area contributed by atoms with Gasteiger partial charge < -0.3 is 43.7 Å². The highest BCUT2D eigenvalue weighted by Gasteiger charge is 2.59. The minimum Gasteiger partial charge on any atom is -0.383 e. The molecule has 0 amide bonds. The highest BCUT2D eigenvalue weighted by atomic mass is 16.7. The number of rotatable bonds is 18. The van der Waals surface area contributed by atoms with Crippen molar-refractivity contribution in [3.63, 3.8) is 0 Å². The van der Waals surface area contributed by atoms with Gasteiger partial charge >= 0.3 is 0 Å². The fourth-order valence-electron chi connectivity index (χ4n) is 9.19. The van der Waals surface area contributed by atoms with Crippen LogP contribution in [0.1, 0.15) is 84.8 Å². The van der Waals surface area contributed by atoms with Gasteiger partial charge in [0.05, 0.1) is 50.8 Å². The number of Topliss-reactive ketones (excluding diaryl/α,β-unsaturated/α-hetero) is 1. The number of ketones is 1. The van der Waals surface area contributed by atoms with E-state index in [9.17, 15) is 20.1 Å². The Balaban J connectivity index is 0.000000201. The Kier molecular flexibility index (Phi) is 18.0. The SMILES string of the molecule is CC[C@H]1O[C@@](O)(C(=O)c2ccccc2)[C@H](OCc2ccccc2)[C@@H](OCc2ccccc2)[C@@H]1C.CC[C@H]1O[C@@](O)(C(O)c2ccccc2)[C@H](OCc2ccccc2)[C@@H](OCc2ccccc2)[C@@H]1C. The summed E-state index contributed by atoms with van der Waals surface area (Å²) >= 11 is 0. The topological polar surface area (TPSA) is 133 Å². The van der Waals surface area contributed by atoms with E-state index >= 15 is 0 Å². The Morgan fingerprint density at radius 2 is 0.838 bits per heavy atom. The van der Waals surface area contributed by atoms with Crippen molar-refractivity contribution in [2.75, 3.05) is 0 Å². The van der Waals surface area contributed by atoms with Crippen LogP contribution in [0.5, 0.6) is 0 Å². The fourth-order valence-corrected chi connectivity index (χ4v) is 9.19. The first-order valence-corrected chi connectivity index (χ1v) is 23.8. The molecule has 2 saturated heterocycles. The molecule has 0 radical (unpaired) electrons. The van der Waals surface area contributed by atoms with Crippen LogP contribution in [0.4, 0.5) is 0 Å². The predicted molar refractivity (Wildman–Crippen MR) is 261 cm³/mol. The first-order chi connectivity index (χ1) is 33.1. The molecule has 2 aliphatic rings. The van der Waals surface area contributed by atoms with Crippen LogP contribution in [0.25, 0.3) is 0 Å². The standard InChI is InChI=1S/C29H34O5.C29H32O5/c2*1-3-25-21(2)26(32-19-22-13-7-4-8-14-22)28(33-20-23-15-9-5-10-16-23)29(31,34-25)27(30)24-17-11-6-12-18-24/h4-18,21,25-28,30-31H,3,19-20H2,1-2H3;4-18,21,25-26,28,31H,3,19-20H2,1-2H3/t21-,25-,26+,27?,28-,29+;21-,25-,26+,28-,29+/m11/s1. The first kappa shape index (κ1) is 50.5. The third-order valence-electron chi connectivity index (χ3n) is 13.1. The molecule has 0 spiro atoms. The van der Waals surface area contributed by atoms with Gasteiger partial charge in [-0.05, 0) is 40.7 Å². The molecule has 0 saturated carbocycles. The van der Waals surface area contributed by atoms with Gasteiger partial charge in [0.1, 0.15) is 18.3 Å². The zero-order chi connectivity index (χ0) is 47.9. The van der Waals surface area contributed by atoms with Crippen molar-refractivity contribution in [3.05, 3.63) is 215 Å². The summed E-state index contributed by atoms with van der Waals surface area (Å²) in [5.74, 6) is -4.84. The lowest BCUT2D eigenvalue weighted by molar-refractivity contribution is -0.381. The lowest BCUT2D eigenvalue weighted by atomic mass is 9.81. The number of ether oxygens (including phenoxy) is 6. The van der Waals surface area contributed by atoms with Crippen molar-refractivity contribution in [2.24, 2.45) is 11.8 Å². The molecular weight excluding hydrogens is 857 g/mol. The zero-order valence-corrected chi connectivity index (χ0v) is 39.5. The molecule has 358 valence electrons. The van der Waals surface area contributed by atoms with Crippen molar-refractivity contribution >= 4 is 5.78 Å². The van der Waals surface area contributed by atoms with E-state index in [4.69, 9.17) is 28.4 Å². The number of aliphatic hydroxyl groups excluding tert-OH is 1. The van der Waals surface area contributed by atoms with Gasteiger partial charge in [0.25, 0.3) is 5.79 Å². The number of benzene rings is 6. The van der Waals surface area contributed by atoms with Crippen molar-refractivity contribution < 1.29 is 48.5 Å². The zero-order valence-electron chi connectivity index (χ0n) is 39.5. The van der Waals surface area contributed by atoms with Gasteiger partial charge in [-0.2, -0.15) is 0 Å². The number of hydrogen-bond donors (Lipinski definition) is 3. The minimum absolute atomic E-state index is 0.0577. The lowest BCUT2D eigenvalue weighted by Gasteiger charge is -2.51. The van der Waals surface area contributed by atoms with E-state index in [-0.39, 0.29) is 37.3 Å². The highest BCUT2D eigenvalue weighted by Crippen LogP contribution is 2.44. The van der Waals surface area contributed by atoms with E-state index < -0.39 is 47.9 Å². The molecule has 68 heavy (non-hydrogen) atoms. The van der Waals surface area contributed by atoms with Crippen molar-refractivity contribution in [2.45, 2.75) is 121 Å². The van der Waals surface area contributed by atoms with Crippen LogP contribution >= 0.6 is 0 Å². The fraction of sp³-hybridized carbons (Fsp3) is 0.362. The molecule has 2 fully saturated rings. The van der Waals surface area contributed by atoms with Crippen LogP contribution in [0, 0.1) is 11.8 Å². The van der Waals surface area contributed by atoms with Crippen molar-refractivity contribution in [3.8, 4) is 0 Å². The quantitative estimate of drug-likeness (QED) is 0.0716. The van der Waals surface area contributed by atoms with Crippen LogP contribution in [-0.2, 0) is 54.8 Å². The smallest absolute Gasteiger partial charge is 0.261 e. The van der Waals surface area contributed by atoms with Crippen LogP contribution in [0.2, 0.25) is 0 Å². The van der Waals surface area contributed by atoms with E-state index in [1.165, 1.54) is 0 Å². The molecule has 6 aromatic rings. The molecule has 2 heterocycles. The molecule has 0 aromatic heterocycles. The van der Waals surface area contributed by atoms with Gasteiger partial charge in [0.15, 0.2) is 0 Å². The molecule has 1 unspecified atom stereocenters. The lowest BCUT2D eigenvalue weighted by Crippen LogP contribution is -2.66. The summed E-state index contributed by atoms with van der Waals surface area (Å²) in [6, 6.07) is 57.0. The summed E-state index contributed by atoms with van der Waals surface area (Å²) in [6.45, 7) is 9.25. The predicted octanol–water partition coefficient (Wildman–Crippen LogP) is 10.2. The highest BCUT2D eigenvalue weighted by molar-refractivity contribution is 6.02. The molecule has 0 bridgehead atoms. The molecular formula is C58H66O10. The van der Waals surface area contributed by atoms with Gasteiger partial charge in [-0.3, -0.25) is 4.79 Å². The van der Waals surface area contributed by atoms with Crippen LogP contribution < -0.4 is 0 Å². The summed E-state index contributed by atoms with van der Waals surface area (Å²) in [5, 5.41) is 35.1. The third-order valence-corrected chi connectivity index (χ3v) is 13.1. The Bertz CT molecular complexity index is 2380. The van der Waals surface area contributed by atoms with Gasteiger partial charge in [0.2, 0.25) is 11.6 Å². The molecule has 2 aliphatic heterocycles. The second kappa shape index (κ2) is 24.3. The number of carbonyl (C=O) groups is 1. The van der Waals surface area contributed by atoms with Gasteiger partial charge in [-0.1, -0.05) is 210 Å². The second-order valence-electron chi connectivity index (χ2n) is 17.8. The van der Waals surface area contributed by atoms with Crippen molar-refractivity contribution in [1.82, 2.24) is 0 Å². The summed E-state index contributed by atoms with van der Waals surface area (Å²) in [5.41, 5.74) is 4.86. The summed E-state index contributed by atoms with van der Waals surface area (Å²) < 4.78 is 37.8. The van der Waals surface area contributed by atoms with Crippen LogP contribution in [0.3, 0.4) is 0 Å². The van der Waals surface area contributed by atoms with Gasteiger partial charge in [-0.25, -0.2) is 0 Å². The molecule has 8 rings (SSSR count). The summed E-state index contributed by atoms with van der Waals surface area (Å²) in [7, 11) is 0. The monoisotopic (exact) mass is 922 g/mol. The first-order valence-electron chi connectivity index (χ1n) is 23.8. The normalized spacial score (nSPS) is 27.3. The Hall–Kier alpha value is -5.37. The maximum absolute atomic E-state index is 13.6. The van der Waals surface area contributed by atoms with Crippen molar-refractivity contribution in [1.29, 1.82) is 0 Å². The molecule has 6 aromatic carbocycles. The molecule has 0 aliphatic carbocycles. The number of hydrogen-bond acceptors (Lipinski definition) is 10. The van der Waals surface area contributed by atoms with E-state index in [0.29, 0.717) is 37.2 Å². The molecule has 10 heteroatoms.